The SMILES string of the molecule is c1ccc(-c2cc(-n3c4ccccc4c4cc([Si](c5ccccc5)(c5ccccc5)c5ccccc5)ccc43)c3c(c2)c2ccccc2n3-c2ccccc2)cc1. The number of aromatic nitrogens is 2. The number of hydrogen-bond acceptors (Lipinski definition) is 0. The molecule has 57 heavy (non-hydrogen) atoms. The van der Waals surface area contributed by atoms with Crippen molar-refractivity contribution in [2.45, 2.75) is 0 Å². The van der Waals surface area contributed by atoms with Crippen molar-refractivity contribution < 1.29 is 0 Å². The Bertz CT molecular complexity index is 3110. The lowest BCUT2D eigenvalue weighted by Crippen LogP contribution is -2.74. The Morgan fingerprint density at radius 3 is 1.32 bits per heavy atom. The Morgan fingerprint density at radius 2 is 0.737 bits per heavy atom. The second-order valence-electron chi connectivity index (χ2n) is 14.9. The van der Waals surface area contributed by atoms with E-state index in [1.807, 2.05) is 0 Å². The maximum Gasteiger partial charge on any atom is 0.179 e. The highest BCUT2D eigenvalue weighted by molar-refractivity contribution is 7.20. The van der Waals surface area contributed by atoms with Crippen LogP contribution < -0.4 is 20.7 Å². The lowest BCUT2D eigenvalue weighted by molar-refractivity contribution is 1.13. The molecule has 268 valence electrons. The summed E-state index contributed by atoms with van der Waals surface area (Å²) < 4.78 is 4.99. The van der Waals surface area contributed by atoms with E-state index in [0.717, 1.165) is 11.4 Å². The third kappa shape index (κ3) is 5.17. The number of nitrogens with zero attached hydrogens (tertiary/aromatic N) is 2. The summed E-state index contributed by atoms with van der Waals surface area (Å²) in [6.45, 7) is 0. The highest BCUT2D eigenvalue weighted by atomic mass is 28.3. The molecule has 0 aliphatic heterocycles. The second kappa shape index (κ2) is 13.5. The van der Waals surface area contributed by atoms with E-state index in [0.29, 0.717) is 0 Å². The fourth-order valence-corrected chi connectivity index (χ4v) is 14.2. The van der Waals surface area contributed by atoms with Crippen LogP contribution in [0.2, 0.25) is 0 Å². The van der Waals surface area contributed by atoms with Gasteiger partial charge in [-0.3, -0.25) is 0 Å². The topological polar surface area (TPSA) is 9.86 Å². The first-order valence-electron chi connectivity index (χ1n) is 19.7. The van der Waals surface area contributed by atoms with Gasteiger partial charge in [-0.05, 0) is 74.3 Å². The van der Waals surface area contributed by atoms with Crippen LogP contribution in [-0.4, -0.2) is 17.2 Å². The Balaban J connectivity index is 1.28. The first-order chi connectivity index (χ1) is 28.3. The summed E-state index contributed by atoms with van der Waals surface area (Å²) in [7, 11) is -2.76. The van der Waals surface area contributed by atoms with E-state index in [-0.39, 0.29) is 0 Å². The third-order valence-electron chi connectivity index (χ3n) is 11.8. The van der Waals surface area contributed by atoms with Crippen LogP contribution in [0, 0.1) is 0 Å². The lowest BCUT2D eigenvalue weighted by atomic mass is 10.0. The molecule has 2 heterocycles. The van der Waals surface area contributed by atoms with Gasteiger partial charge in [-0.1, -0.05) is 188 Å². The zero-order valence-electron chi connectivity index (χ0n) is 31.3. The van der Waals surface area contributed by atoms with Crippen molar-refractivity contribution in [3.63, 3.8) is 0 Å². The van der Waals surface area contributed by atoms with Crippen LogP contribution >= 0.6 is 0 Å². The van der Waals surface area contributed by atoms with Gasteiger partial charge in [-0.2, -0.15) is 0 Å². The molecule has 3 heteroatoms. The van der Waals surface area contributed by atoms with Crippen molar-refractivity contribution in [3.05, 3.63) is 231 Å². The van der Waals surface area contributed by atoms with Crippen LogP contribution in [0.3, 0.4) is 0 Å². The maximum atomic E-state index is 2.53. The molecule has 11 rings (SSSR count). The zero-order valence-corrected chi connectivity index (χ0v) is 32.3. The highest BCUT2D eigenvalue weighted by Crippen LogP contribution is 2.42. The van der Waals surface area contributed by atoms with E-state index in [1.54, 1.807) is 0 Å². The van der Waals surface area contributed by atoms with Crippen molar-refractivity contribution in [1.29, 1.82) is 0 Å². The Hall–Kier alpha value is -7.20. The smallest absolute Gasteiger partial charge is 0.179 e. The Labute approximate surface area is 333 Å². The molecular formula is C54H38N2Si. The molecule has 0 amide bonds. The molecule has 2 aromatic heterocycles. The maximum absolute atomic E-state index is 2.76. The van der Waals surface area contributed by atoms with Crippen molar-refractivity contribution in [2.24, 2.45) is 0 Å². The van der Waals surface area contributed by atoms with Gasteiger partial charge >= 0.3 is 0 Å². The van der Waals surface area contributed by atoms with E-state index in [4.69, 9.17) is 0 Å². The van der Waals surface area contributed by atoms with Crippen molar-refractivity contribution in [2.75, 3.05) is 0 Å². The van der Waals surface area contributed by atoms with Gasteiger partial charge in [-0.25, -0.2) is 0 Å². The fraction of sp³-hybridized carbons (Fsp3) is 0. The monoisotopic (exact) mass is 742 g/mol. The van der Waals surface area contributed by atoms with E-state index in [9.17, 15) is 0 Å². The average Bonchev–Trinajstić information content (AvgIpc) is 3.81. The standard InChI is InChI=1S/C54H38N2Si/c1-6-20-39(21-7-1)40-36-49-47-31-17-18-32-50(47)55(41-22-8-2-9-23-41)54(49)53(37-40)56-51-33-19-16-30-46(51)48-38-45(34-35-52(48)56)57(42-24-10-3-11-25-42,43-26-12-4-13-27-43)44-28-14-5-15-29-44/h1-38H. The molecule has 0 bridgehead atoms. The number of fused-ring (bicyclic) bond motifs is 6. The fourth-order valence-electron chi connectivity index (χ4n) is 9.42. The van der Waals surface area contributed by atoms with E-state index in [1.165, 1.54) is 75.5 Å². The number of hydrogen-bond donors (Lipinski definition) is 0. The van der Waals surface area contributed by atoms with Gasteiger partial charge < -0.3 is 9.13 Å². The summed E-state index contributed by atoms with van der Waals surface area (Å²) in [5.74, 6) is 0. The van der Waals surface area contributed by atoms with Gasteiger partial charge in [0.25, 0.3) is 0 Å². The number of para-hydroxylation sites is 3. The predicted molar refractivity (Wildman–Crippen MR) is 244 cm³/mol. The minimum Gasteiger partial charge on any atom is -0.307 e. The second-order valence-corrected chi connectivity index (χ2v) is 18.7. The summed E-state index contributed by atoms with van der Waals surface area (Å²) in [6.07, 6.45) is 0. The van der Waals surface area contributed by atoms with Crippen molar-refractivity contribution in [1.82, 2.24) is 9.13 Å². The van der Waals surface area contributed by atoms with Gasteiger partial charge in [0.05, 0.1) is 27.8 Å². The van der Waals surface area contributed by atoms with Crippen LogP contribution in [-0.2, 0) is 0 Å². The first kappa shape index (κ1) is 33.2. The lowest BCUT2D eigenvalue weighted by Gasteiger charge is -2.34. The molecule has 0 aliphatic carbocycles. The molecule has 0 saturated heterocycles. The molecule has 0 saturated carbocycles. The van der Waals surface area contributed by atoms with Gasteiger partial charge in [0.1, 0.15) is 0 Å². The quantitative estimate of drug-likeness (QED) is 0.114. The van der Waals surface area contributed by atoms with Crippen LogP contribution in [0.4, 0.5) is 0 Å². The molecule has 0 atom stereocenters. The van der Waals surface area contributed by atoms with E-state index >= 15 is 0 Å². The summed E-state index contributed by atoms with van der Waals surface area (Å²) in [5.41, 5.74) is 9.45. The molecule has 0 fully saturated rings. The highest BCUT2D eigenvalue weighted by Gasteiger charge is 2.41. The number of benzene rings is 9. The molecule has 9 aromatic carbocycles. The molecule has 0 spiro atoms. The van der Waals surface area contributed by atoms with E-state index in [2.05, 4.69) is 240 Å². The molecule has 0 N–H and O–H groups in total. The van der Waals surface area contributed by atoms with Crippen LogP contribution in [0.5, 0.6) is 0 Å². The summed E-state index contributed by atoms with van der Waals surface area (Å²) in [4.78, 5) is 0. The molecule has 0 aliphatic rings. The first-order valence-corrected chi connectivity index (χ1v) is 21.7. The molecule has 11 aromatic rings. The van der Waals surface area contributed by atoms with Gasteiger partial charge in [-0.15, -0.1) is 0 Å². The van der Waals surface area contributed by atoms with Crippen molar-refractivity contribution in [3.8, 4) is 22.5 Å². The normalized spacial score (nSPS) is 11.9. The minimum atomic E-state index is -2.76. The molecule has 0 radical (unpaired) electrons. The molecule has 2 nitrogen and oxygen atoms in total. The Kier molecular flexibility index (Phi) is 7.87. The van der Waals surface area contributed by atoms with Crippen LogP contribution in [0.25, 0.3) is 66.1 Å². The zero-order chi connectivity index (χ0) is 37.8. The van der Waals surface area contributed by atoms with Gasteiger partial charge in [0.2, 0.25) is 0 Å². The third-order valence-corrected chi connectivity index (χ3v) is 16.6. The summed E-state index contributed by atoms with van der Waals surface area (Å²) in [6, 6.07) is 85.2. The summed E-state index contributed by atoms with van der Waals surface area (Å²) in [5, 5.41) is 10.4. The van der Waals surface area contributed by atoms with Crippen LogP contribution in [0.1, 0.15) is 0 Å². The largest absolute Gasteiger partial charge is 0.307 e. The Morgan fingerprint density at radius 1 is 0.281 bits per heavy atom. The molecule has 0 unspecified atom stereocenters. The average molecular weight is 743 g/mol. The predicted octanol–water partition coefficient (Wildman–Crippen LogP) is 10.9. The van der Waals surface area contributed by atoms with Crippen molar-refractivity contribution >= 4 is 72.4 Å². The molecular weight excluding hydrogens is 705 g/mol. The minimum absolute atomic E-state index is 1.14. The summed E-state index contributed by atoms with van der Waals surface area (Å²) >= 11 is 0. The van der Waals surface area contributed by atoms with Gasteiger partial charge in [0, 0.05) is 27.2 Å². The van der Waals surface area contributed by atoms with Gasteiger partial charge in [0.15, 0.2) is 8.07 Å². The number of rotatable bonds is 7. The van der Waals surface area contributed by atoms with Crippen LogP contribution in [0.15, 0.2) is 231 Å². The van der Waals surface area contributed by atoms with E-state index < -0.39 is 8.07 Å².